The number of nitrogens with one attached hydrogen (secondary N) is 1. The van der Waals surface area contributed by atoms with Crippen LogP contribution in [0, 0.1) is 0 Å². The maximum Gasteiger partial charge on any atom is 0.259 e. The van der Waals surface area contributed by atoms with E-state index in [1.165, 1.54) is 5.56 Å². The minimum atomic E-state index is -0.00490. The third kappa shape index (κ3) is 2.65. The highest BCUT2D eigenvalue weighted by Crippen LogP contribution is 2.28. The van der Waals surface area contributed by atoms with Gasteiger partial charge >= 0.3 is 0 Å². The Bertz CT molecular complexity index is 681. The molecule has 4 heteroatoms. The van der Waals surface area contributed by atoms with E-state index in [2.05, 4.69) is 22.9 Å². The van der Waals surface area contributed by atoms with Crippen molar-refractivity contribution in [2.75, 3.05) is 23.3 Å². The van der Waals surface area contributed by atoms with Gasteiger partial charge in [0.2, 0.25) is 0 Å². The zero-order chi connectivity index (χ0) is 14.7. The number of anilines is 2. The van der Waals surface area contributed by atoms with Crippen molar-refractivity contribution in [2.45, 2.75) is 6.42 Å². The molecule has 1 N–H and O–H groups in total. The van der Waals surface area contributed by atoms with Crippen molar-refractivity contribution >= 4 is 17.3 Å². The summed E-state index contributed by atoms with van der Waals surface area (Å²) in [6, 6.07) is 9.87. The molecule has 106 valence electrons. The highest BCUT2D eigenvalue weighted by Gasteiger charge is 2.25. The molecule has 0 aliphatic carbocycles. The van der Waals surface area contributed by atoms with Crippen LogP contribution in [0.4, 0.5) is 11.4 Å². The number of aromatic nitrogens is 1. The maximum absolute atomic E-state index is 12.7. The Morgan fingerprint density at radius 3 is 3.10 bits per heavy atom. The fourth-order valence-electron chi connectivity index (χ4n) is 2.55. The predicted molar refractivity (Wildman–Crippen MR) is 84.7 cm³/mol. The van der Waals surface area contributed by atoms with Gasteiger partial charge in [0.05, 0.1) is 11.3 Å². The molecule has 21 heavy (non-hydrogen) atoms. The number of pyridine rings is 1. The molecule has 1 aromatic carbocycles. The van der Waals surface area contributed by atoms with Crippen molar-refractivity contribution in [3.63, 3.8) is 0 Å². The molecule has 0 saturated carbocycles. The summed E-state index contributed by atoms with van der Waals surface area (Å²) in [6.45, 7) is 5.03. The van der Waals surface area contributed by atoms with Gasteiger partial charge in [-0.2, -0.15) is 0 Å². The predicted octanol–water partition coefficient (Wildman–Crippen LogP) is 2.88. The van der Waals surface area contributed by atoms with Gasteiger partial charge in [-0.15, -0.1) is 6.58 Å². The molecular weight excluding hydrogens is 262 g/mol. The lowest BCUT2D eigenvalue weighted by atomic mass is 10.2. The van der Waals surface area contributed by atoms with E-state index in [1.54, 1.807) is 18.5 Å². The number of carbonyl (C=O) groups excluding carboxylic acids is 1. The van der Waals surface area contributed by atoms with Crippen LogP contribution in [0.2, 0.25) is 0 Å². The van der Waals surface area contributed by atoms with Crippen molar-refractivity contribution in [1.29, 1.82) is 0 Å². The first-order valence-corrected chi connectivity index (χ1v) is 6.99. The molecule has 0 saturated heterocycles. The van der Waals surface area contributed by atoms with E-state index in [1.807, 2.05) is 29.2 Å². The first-order chi connectivity index (χ1) is 10.3. The van der Waals surface area contributed by atoms with E-state index in [9.17, 15) is 4.79 Å². The van der Waals surface area contributed by atoms with Gasteiger partial charge in [0.25, 0.3) is 5.91 Å². The summed E-state index contributed by atoms with van der Waals surface area (Å²) in [5.41, 5.74) is 3.65. The van der Waals surface area contributed by atoms with Crippen LogP contribution in [0.5, 0.6) is 0 Å². The van der Waals surface area contributed by atoms with Crippen molar-refractivity contribution in [3.8, 4) is 0 Å². The van der Waals surface area contributed by atoms with Crippen LogP contribution in [-0.4, -0.2) is 24.0 Å². The summed E-state index contributed by atoms with van der Waals surface area (Å²) in [7, 11) is 0. The molecule has 0 spiro atoms. The number of amides is 1. The van der Waals surface area contributed by atoms with Crippen molar-refractivity contribution < 1.29 is 4.79 Å². The number of fused-ring (bicyclic) bond motifs is 1. The second-order valence-corrected chi connectivity index (χ2v) is 4.97. The number of hydrogen-bond donors (Lipinski definition) is 1. The minimum Gasteiger partial charge on any atom is -0.380 e. The summed E-state index contributed by atoms with van der Waals surface area (Å²) in [5.74, 6) is -0.00490. The van der Waals surface area contributed by atoms with Crippen molar-refractivity contribution in [3.05, 3.63) is 66.5 Å². The topological polar surface area (TPSA) is 45.2 Å². The second-order valence-electron chi connectivity index (χ2n) is 4.97. The van der Waals surface area contributed by atoms with E-state index >= 15 is 0 Å². The normalized spacial score (nSPS) is 12.9. The maximum atomic E-state index is 12.7. The van der Waals surface area contributed by atoms with E-state index < -0.39 is 0 Å². The zero-order valence-electron chi connectivity index (χ0n) is 11.7. The number of nitrogens with zero attached hydrogens (tertiary/aromatic N) is 2. The SMILES string of the molecule is C=CCNc1cncc(C(=O)N2CCc3ccccc32)c1. The smallest absolute Gasteiger partial charge is 0.259 e. The molecule has 2 aromatic rings. The zero-order valence-corrected chi connectivity index (χ0v) is 11.7. The number of rotatable bonds is 4. The molecule has 2 heterocycles. The van der Waals surface area contributed by atoms with Gasteiger partial charge in [0.15, 0.2) is 0 Å². The van der Waals surface area contributed by atoms with E-state index in [-0.39, 0.29) is 5.91 Å². The van der Waals surface area contributed by atoms with Crippen LogP contribution in [-0.2, 0) is 6.42 Å². The van der Waals surface area contributed by atoms with Crippen LogP contribution in [0.3, 0.4) is 0 Å². The number of hydrogen-bond acceptors (Lipinski definition) is 3. The minimum absolute atomic E-state index is 0.00490. The summed E-state index contributed by atoms with van der Waals surface area (Å²) >= 11 is 0. The highest BCUT2D eigenvalue weighted by molar-refractivity contribution is 6.07. The molecule has 1 aromatic heterocycles. The van der Waals surface area contributed by atoms with Gasteiger partial charge in [-0.1, -0.05) is 24.3 Å². The number of carbonyl (C=O) groups is 1. The molecule has 0 unspecified atom stereocenters. The Hall–Kier alpha value is -2.62. The lowest BCUT2D eigenvalue weighted by molar-refractivity contribution is 0.0989. The number of benzene rings is 1. The molecule has 0 radical (unpaired) electrons. The monoisotopic (exact) mass is 279 g/mol. The molecule has 1 aliphatic rings. The van der Waals surface area contributed by atoms with Crippen LogP contribution in [0.25, 0.3) is 0 Å². The molecule has 3 rings (SSSR count). The summed E-state index contributed by atoms with van der Waals surface area (Å²) in [4.78, 5) is 18.6. The quantitative estimate of drug-likeness (QED) is 0.875. The molecule has 4 nitrogen and oxygen atoms in total. The van der Waals surface area contributed by atoms with Crippen LogP contribution in [0.15, 0.2) is 55.4 Å². The van der Waals surface area contributed by atoms with Crippen molar-refractivity contribution in [2.24, 2.45) is 0 Å². The third-order valence-electron chi connectivity index (χ3n) is 3.57. The molecular formula is C17H17N3O. The third-order valence-corrected chi connectivity index (χ3v) is 3.57. The summed E-state index contributed by atoms with van der Waals surface area (Å²) < 4.78 is 0. The fraction of sp³-hybridized carbons (Fsp3) is 0.176. The van der Waals surface area contributed by atoms with Gasteiger partial charge in [0.1, 0.15) is 0 Å². The van der Waals surface area contributed by atoms with E-state index in [0.29, 0.717) is 12.1 Å². The Labute approximate surface area is 124 Å². The Balaban J connectivity index is 1.84. The molecule has 1 amide bonds. The lowest BCUT2D eigenvalue weighted by Gasteiger charge is -2.17. The summed E-state index contributed by atoms with van der Waals surface area (Å²) in [5, 5.41) is 3.15. The first-order valence-electron chi connectivity index (χ1n) is 6.99. The van der Waals surface area contributed by atoms with Gasteiger partial charge in [-0.05, 0) is 24.1 Å². The molecule has 0 fully saturated rings. The lowest BCUT2D eigenvalue weighted by Crippen LogP contribution is -2.29. The van der Waals surface area contributed by atoms with Crippen LogP contribution < -0.4 is 10.2 Å². The fourth-order valence-corrected chi connectivity index (χ4v) is 2.55. The van der Waals surface area contributed by atoms with Gasteiger partial charge in [-0.3, -0.25) is 9.78 Å². The highest BCUT2D eigenvalue weighted by atomic mass is 16.2. The standard InChI is InChI=1S/C17H17N3O/c1-2-8-19-15-10-14(11-18-12-15)17(21)20-9-7-13-5-3-4-6-16(13)20/h2-6,10-12,19H,1,7-9H2. The summed E-state index contributed by atoms with van der Waals surface area (Å²) in [6.07, 6.45) is 6.00. The van der Waals surface area contributed by atoms with E-state index in [0.717, 1.165) is 24.3 Å². The number of para-hydroxylation sites is 1. The van der Waals surface area contributed by atoms with Gasteiger partial charge in [0, 0.05) is 31.2 Å². The average molecular weight is 279 g/mol. The van der Waals surface area contributed by atoms with E-state index in [4.69, 9.17) is 0 Å². The molecule has 0 atom stereocenters. The van der Waals surface area contributed by atoms with Crippen molar-refractivity contribution in [1.82, 2.24) is 4.98 Å². The molecule has 0 bridgehead atoms. The molecule has 1 aliphatic heterocycles. The largest absolute Gasteiger partial charge is 0.380 e. The Morgan fingerprint density at radius 1 is 1.38 bits per heavy atom. The average Bonchev–Trinajstić information content (AvgIpc) is 2.96. The van der Waals surface area contributed by atoms with Crippen LogP contribution >= 0.6 is 0 Å². The Kier molecular flexibility index (Phi) is 3.69. The first kappa shape index (κ1) is 13.4. The van der Waals surface area contributed by atoms with Crippen LogP contribution in [0.1, 0.15) is 15.9 Å². The Morgan fingerprint density at radius 2 is 2.24 bits per heavy atom. The van der Waals surface area contributed by atoms with Gasteiger partial charge in [-0.25, -0.2) is 0 Å². The van der Waals surface area contributed by atoms with Gasteiger partial charge < -0.3 is 10.2 Å². The second kappa shape index (κ2) is 5.79.